The van der Waals surface area contributed by atoms with Crippen molar-refractivity contribution in [1.29, 1.82) is 0 Å². The number of aromatic nitrogens is 1. The number of benzene rings is 1. The lowest BCUT2D eigenvalue weighted by Crippen LogP contribution is -2.05. The summed E-state index contributed by atoms with van der Waals surface area (Å²) in [6.45, 7) is 0. The third-order valence-electron chi connectivity index (χ3n) is 3.62. The first-order valence-electron chi connectivity index (χ1n) is 6.45. The van der Waals surface area contributed by atoms with Crippen molar-refractivity contribution in [3.63, 3.8) is 0 Å². The fraction of sp³-hybridized carbons (Fsp3) is 0.267. The summed E-state index contributed by atoms with van der Waals surface area (Å²) in [7, 11) is 0. The Morgan fingerprint density at radius 2 is 1.90 bits per heavy atom. The van der Waals surface area contributed by atoms with Gasteiger partial charge in [0.2, 0.25) is 0 Å². The van der Waals surface area contributed by atoms with Gasteiger partial charge >= 0.3 is 6.18 Å². The average molecular weight is 313 g/mol. The maximum atomic E-state index is 12.8. The summed E-state index contributed by atoms with van der Waals surface area (Å²) >= 11 is 5.99. The molecule has 21 heavy (non-hydrogen) atoms. The van der Waals surface area contributed by atoms with E-state index in [-0.39, 0.29) is 16.6 Å². The summed E-state index contributed by atoms with van der Waals surface area (Å²) in [6.07, 6.45) is -1.82. The van der Waals surface area contributed by atoms with E-state index in [1.54, 1.807) is 12.3 Å². The van der Waals surface area contributed by atoms with E-state index < -0.39 is 11.7 Å². The largest absolute Gasteiger partial charge is 0.416 e. The molecule has 0 bridgehead atoms. The van der Waals surface area contributed by atoms with Crippen molar-refractivity contribution < 1.29 is 13.2 Å². The van der Waals surface area contributed by atoms with Crippen molar-refractivity contribution in [3.8, 4) is 11.3 Å². The second-order valence-corrected chi connectivity index (χ2v) is 5.58. The molecular weight excluding hydrogens is 301 g/mol. The lowest BCUT2D eigenvalue weighted by Gasteiger charge is -2.10. The van der Waals surface area contributed by atoms with E-state index in [2.05, 4.69) is 4.98 Å². The molecule has 1 fully saturated rings. The molecule has 1 aromatic carbocycles. The zero-order valence-electron chi connectivity index (χ0n) is 10.9. The van der Waals surface area contributed by atoms with Gasteiger partial charge < -0.3 is 5.73 Å². The molecule has 0 saturated heterocycles. The molecule has 2 nitrogen and oxygen atoms in total. The molecule has 2 unspecified atom stereocenters. The second-order valence-electron chi connectivity index (χ2n) is 5.18. The summed E-state index contributed by atoms with van der Waals surface area (Å²) < 4.78 is 38.3. The van der Waals surface area contributed by atoms with E-state index in [4.69, 9.17) is 17.3 Å². The zero-order valence-corrected chi connectivity index (χ0v) is 11.6. The summed E-state index contributed by atoms with van der Waals surface area (Å²) in [5.41, 5.74) is 6.73. The third kappa shape index (κ3) is 2.89. The topological polar surface area (TPSA) is 38.9 Å². The number of hydrogen-bond acceptors (Lipinski definition) is 2. The van der Waals surface area contributed by atoms with Crippen molar-refractivity contribution in [2.24, 2.45) is 5.73 Å². The average Bonchev–Trinajstić information content (AvgIpc) is 3.15. The van der Waals surface area contributed by atoms with Crippen LogP contribution in [0.15, 0.2) is 36.5 Å². The van der Waals surface area contributed by atoms with Gasteiger partial charge in [0.25, 0.3) is 0 Å². The highest BCUT2D eigenvalue weighted by atomic mass is 35.5. The van der Waals surface area contributed by atoms with Crippen LogP contribution in [0.2, 0.25) is 5.02 Å². The molecule has 0 spiro atoms. The minimum atomic E-state index is -4.40. The lowest BCUT2D eigenvalue weighted by atomic mass is 10.1. The van der Waals surface area contributed by atoms with E-state index in [0.29, 0.717) is 11.6 Å². The van der Waals surface area contributed by atoms with Crippen LogP contribution in [0.3, 0.4) is 0 Å². The van der Waals surface area contributed by atoms with Gasteiger partial charge in [-0.05, 0) is 36.2 Å². The number of nitrogens with zero attached hydrogens (tertiary/aromatic N) is 1. The molecule has 0 aliphatic heterocycles. The van der Waals surface area contributed by atoms with E-state index in [1.807, 2.05) is 6.07 Å². The van der Waals surface area contributed by atoms with E-state index in [9.17, 15) is 13.2 Å². The highest BCUT2D eigenvalue weighted by Gasteiger charge is 2.35. The summed E-state index contributed by atoms with van der Waals surface area (Å²) in [5, 5.41) is 0.242. The fourth-order valence-electron chi connectivity index (χ4n) is 2.28. The van der Waals surface area contributed by atoms with Crippen LogP contribution in [-0.4, -0.2) is 11.0 Å². The first-order chi connectivity index (χ1) is 9.86. The van der Waals surface area contributed by atoms with Crippen LogP contribution in [0.5, 0.6) is 0 Å². The first kappa shape index (κ1) is 14.4. The highest BCUT2D eigenvalue weighted by Crippen LogP contribution is 2.40. The molecule has 1 saturated carbocycles. The molecule has 3 rings (SSSR count). The summed E-state index contributed by atoms with van der Waals surface area (Å²) in [4.78, 5) is 4.22. The van der Waals surface area contributed by atoms with E-state index in [0.717, 1.165) is 24.1 Å². The van der Waals surface area contributed by atoms with Gasteiger partial charge in [-0.1, -0.05) is 17.7 Å². The molecule has 2 N–H and O–H groups in total. The summed E-state index contributed by atoms with van der Waals surface area (Å²) in [5.74, 6) is 0.309. The Morgan fingerprint density at radius 1 is 1.19 bits per heavy atom. The lowest BCUT2D eigenvalue weighted by molar-refractivity contribution is -0.137. The molecule has 0 radical (unpaired) electrons. The van der Waals surface area contributed by atoms with Crippen LogP contribution in [0.25, 0.3) is 11.3 Å². The van der Waals surface area contributed by atoms with Gasteiger partial charge in [-0.15, -0.1) is 0 Å². The standard InChI is InChI=1S/C15H12ClF3N2/c16-12-3-2-9(15(17,18)19)5-11(12)14-4-1-8(7-21-14)10-6-13(10)20/h1-5,7,10,13H,6,20H2. The number of rotatable bonds is 2. The second kappa shape index (κ2) is 5.00. The molecule has 1 heterocycles. The molecular formula is C15H12ClF3N2. The number of halogens is 4. The molecule has 1 aromatic heterocycles. The Bertz CT molecular complexity index is 668. The Morgan fingerprint density at radius 3 is 2.43 bits per heavy atom. The predicted molar refractivity (Wildman–Crippen MR) is 75.0 cm³/mol. The SMILES string of the molecule is NC1CC1c1ccc(-c2cc(C(F)(F)F)ccc2Cl)nc1. The van der Waals surface area contributed by atoms with E-state index >= 15 is 0 Å². The zero-order chi connectivity index (χ0) is 15.2. The van der Waals surface area contributed by atoms with Crippen LogP contribution in [-0.2, 0) is 6.18 Å². The number of nitrogens with two attached hydrogens (primary N) is 1. The van der Waals surface area contributed by atoms with Gasteiger partial charge in [0.1, 0.15) is 0 Å². The highest BCUT2D eigenvalue weighted by molar-refractivity contribution is 6.33. The number of alkyl halides is 3. The van der Waals surface area contributed by atoms with Crippen molar-refractivity contribution in [2.45, 2.75) is 24.6 Å². The smallest absolute Gasteiger partial charge is 0.327 e. The van der Waals surface area contributed by atoms with Crippen molar-refractivity contribution in [3.05, 3.63) is 52.7 Å². The van der Waals surface area contributed by atoms with Gasteiger partial charge in [0, 0.05) is 28.7 Å². The Labute approximate surface area is 124 Å². The van der Waals surface area contributed by atoms with Crippen molar-refractivity contribution in [2.75, 3.05) is 0 Å². The molecule has 1 aliphatic carbocycles. The minimum Gasteiger partial charge on any atom is -0.327 e. The fourth-order valence-corrected chi connectivity index (χ4v) is 2.49. The predicted octanol–water partition coefficient (Wildman–Crippen LogP) is 4.24. The third-order valence-corrected chi connectivity index (χ3v) is 3.95. The van der Waals surface area contributed by atoms with Crippen LogP contribution in [0.1, 0.15) is 23.5 Å². The van der Waals surface area contributed by atoms with Gasteiger partial charge in [0.05, 0.1) is 11.3 Å². The first-order valence-corrected chi connectivity index (χ1v) is 6.82. The Balaban J connectivity index is 1.96. The van der Waals surface area contributed by atoms with Crippen molar-refractivity contribution >= 4 is 11.6 Å². The Kier molecular flexibility index (Phi) is 3.42. The number of hydrogen-bond donors (Lipinski definition) is 1. The van der Waals surface area contributed by atoms with Gasteiger partial charge in [-0.3, -0.25) is 4.98 Å². The van der Waals surface area contributed by atoms with Gasteiger partial charge in [0.15, 0.2) is 0 Å². The molecule has 2 atom stereocenters. The molecule has 6 heteroatoms. The maximum absolute atomic E-state index is 12.8. The number of pyridine rings is 1. The summed E-state index contributed by atoms with van der Waals surface area (Å²) in [6, 6.07) is 6.91. The monoisotopic (exact) mass is 312 g/mol. The van der Waals surface area contributed by atoms with Crippen LogP contribution in [0.4, 0.5) is 13.2 Å². The van der Waals surface area contributed by atoms with E-state index in [1.165, 1.54) is 6.07 Å². The van der Waals surface area contributed by atoms with Gasteiger partial charge in [-0.2, -0.15) is 13.2 Å². The molecule has 0 amide bonds. The normalized spacial score (nSPS) is 21.4. The molecule has 2 aromatic rings. The maximum Gasteiger partial charge on any atom is 0.416 e. The Hall–Kier alpha value is -1.59. The van der Waals surface area contributed by atoms with Crippen LogP contribution >= 0.6 is 11.6 Å². The molecule has 1 aliphatic rings. The van der Waals surface area contributed by atoms with Crippen molar-refractivity contribution in [1.82, 2.24) is 4.98 Å². The van der Waals surface area contributed by atoms with Gasteiger partial charge in [-0.25, -0.2) is 0 Å². The quantitative estimate of drug-likeness (QED) is 0.901. The van der Waals surface area contributed by atoms with Crippen LogP contribution < -0.4 is 5.73 Å². The minimum absolute atomic E-state index is 0.162. The van der Waals surface area contributed by atoms with Crippen LogP contribution in [0, 0.1) is 0 Å². The molecule has 110 valence electrons.